The van der Waals surface area contributed by atoms with Crippen LogP contribution >= 0.6 is 0 Å². The predicted octanol–water partition coefficient (Wildman–Crippen LogP) is 1.61. The van der Waals surface area contributed by atoms with Crippen molar-refractivity contribution in [3.8, 4) is 5.75 Å². The van der Waals surface area contributed by atoms with Gasteiger partial charge < -0.3 is 4.74 Å². The molecule has 8 heteroatoms. The summed E-state index contributed by atoms with van der Waals surface area (Å²) in [5, 5.41) is 10.1. The van der Waals surface area contributed by atoms with Crippen LogP contribution in [0.3, 0.4) is 0 Å². The van der Waals surface area contributed by atoms with Gasteiger partial charge in [-0.3, -0.25) is 14.9 Å². The standard InChI is InChI=1S/C12H15NO6S/c1-9(2)20(17,18)6-5-19-12-4-3-11(13(15)16)7-10(12)8-14/h3-4,7-9H,5-6H2,1-2H3. The number of aldehydes is 1. The number of nitrogens with zero attached hydrogens (tertiary/aromatic N) is 1. The molecule has 1 aromatic rings. The monoisotopic (exact) mass is 301 g/mol. The largest absolute Gasteiger partial charge is 0.492 e. The molecule has 1 rings (SSSR count). The first-order chi connectivity index (χ1) is 9.27. The molecule has 0 aliphatic rings. The molecule has 0 bridgehead atoms. The highest BCUT2D eigenvalue weighted by Gasteiger charge is 2.17. The first-order valence-electron chi connectivity index (χ1n) is 5.86. The Bertz CT molecular complexity index is 608. The summed E-state index contributed by atoms with van der Waals surface area (Å²) >= 11 is 0. The lowest BCUT2D eigenvalue weighted by molar-refractivity contribution is -0.384. The van der Waals surface area contributed by atoms with Crippen molar-refractivity contribution < 1.29 is 22.9 Å². The summed E-state index contributed by atoms with van der Waals surface area (Å²) in [6.07, 6.45) is 0.430. The maximum Gasteiger partial charge on any atom is 0.270 e. The Morgan fingerprint density at radius 1 is 1.40 bits per heavy atom. The molecule has 1 aromatic carbocycles. The fourth-order valence-corrected chi connectivity index (χ4v) is 2.16. The van der Waals surface area contributed by atoms with E-state index in [-0.39, 0.29) is 29.4 Å². The Labute approximate surface area is 116 Å². The first-order valence-corrected chi connectivity index (χ1v) is 7.57. The number of nitro groups is 1. The second-order valence-corrected chi connectivity index (χ2v) is 7.04. The third-order valence-corrected chi connectivity index (χ3v) is 4.85. The molecule has 0 heterocycles. The van der Waals surface area contributed by atoms with Crippen molar-refractivity contribution in [3.63, 3.8) is 0 Å². The minimum Gasteiger partial charge on any atom is -0.492 e. The number of nitro benzene ring substituents is 1. The molecule has 0 aliphatic heterocycles. The summed E-state index contributed by atoms with van der Waals surface area (Å²) in [4.78, 5) is 20.8. The minimum absolute atomic E-state index is 0.0149. The Balaban J connectivity index is 2.79. The van der Waals surface area contributed by atoms with E-state index in [1.807, 2.05) is 0 Å². The quantitative estimate of drug-likeness (QED) is 0.430. The zero-order valence-electron chi connectivity index (χ0n) is 11.1. The third kappa shape index (κ3) is 4.02. The van der Waals surface area contributed by atoms with E-state index in [4.69, 9.17) is 4.74 Å². The molecular formula is C12H15NO6S. The van der Waals surface area contributed by atoms with Gasteiger partial charge in [0.05, 0.1) is 21.5 Å². The van der Waals surface area contributed by atoms with Crippen LogP contribution < -0.4 is 4.74 Å². The van der Waals surface area contributed by atoms with Crippen LogP contribution in [0.2, 0.25) is 0 Å². The van der Waals surface area contributed by atoms with Gasteiger partial charge in [0.2, 0.25) is 0 Å². The van der Waals surface area contributed by atoms with Gasteiger partial charge in [-0.15, -0.1) is 0 Å². The van der Waals surface area contributed by atoms with Gasteiger partial charge in [-0.2, -0.15) is 0 Å². The second kappa shape index (κ2) is 6.47. The highest BCUT2D eigenvalue weighted by atomic mass is 32.2. The lowest BCUT2D eigenvalue weighted by Crippen LogP contribution is -2.22. The smallest absolute Gasteiger partial charge is 0.270 e. The topological polar surface area (TPSA) is 104 Å². The number of ether oxygens (including phenoxy) is 1. The highest BCUT2D eigenvalue weighted by Crippen LogP contribution is 2.22. The van der Waals surface area contributed by atoms with Gasteiger partial charge in [-0.05, 0) is 19.9 Å². The van der Waals surface area contributed by atoms with Crippen molar-refractivity contribution in [1.29, 1.82) is 0 Å². The van der Waals surface area contributed by atoms with E-state index in [2.05, 4.69) is 0 Å². The highest BCUT2D eigenvalue weighted by molar-refractivity contribution is 7.91. The van der Waals surface area contributed by atoms with Crippen LogP contribution in [-0.4, -0.2) is 37.2 Å². The van der Waals surface area contributed by atoms with Crippen LogP contribution in [0.1, 0.15) is 24.2 Å². The number of non-ortho nitro benzene ring substituents is 1. The number of sulfone groups is 1. The number of hydrogen-bond donors (Lipinski definition) is 0. The van der Waals surface area contributed by atoms with Crippen LogP contribution in [0.5, 0.6) is 5.75 Å². The van der Waals surface area contributed by atoms with Gasteiger partial charge in [-0.25, -0.2) is 8.42 Å². The molecule has 110 valence electrons. The summed E-state index contributed by atoms with van der Waals surface area (Å²) in [7, 11) is -3.23. The van der Waals surface area contributed by atoms with Crippen molar-refractivity contribution >= 4 is 21.8 Å². The molecule has 7 nitrogen and oxygen atoms in total. The molecule has 0 amide bonds. The molecule has 0 radical (unpaired) electrons. The predicted molar refractivity (Wildman–Crippen MR) is 72.9 cm³/mol. The van der Waals surface area contributed by atoms with Crippen LogP contribution in [0.4, 0.5) is 5.69 Å². The molecule has 0 unspecified atom stereocenters. The van der Waals surface area contributed by atoms with Crippen molar-refractivity contribution in [2.24, 2.45) is 0 Å². The van der Waals surface area contributed by atoms with E-state index >= 15 is 0 Å². The second-order valence-electron chi connectivity index (χ2n) is 4.36. The van der Waals surface area contributed by atoms with Crippen molar-refractivity contribution in [2.45, 2.75) is 19.1 Å². The summed E-state index contributed by atoms with van der Waals surface area (Å²) in [5.41, 5.74) is -0.213. The SMILES string of the molecule is CC(C)S(=O)(=O)CCOc1ccc([N+](=O)[O-])cc1C=O. The van der Waals surface area contributed by atoms with E-state index in [1.165, 1.54) is 12.1 Å². The van der Waals surface area contributed by atoms with Gasteiger partial charge in [0.1, 0.15) is 12.4 Å². The summed E-state index contributed by atoms with van der Waals surface area (Å²) in [6, 6.07) is 3.56. The lowest BCUT2D eigenvalue weighted by Gasteiger charge is -2.10. The number of benzene rings is 1. The van der Waals surface area contributed by atoms with Gasteiger partial charge in [0, 0.05) is 12.1 Å². The Kier molecular flexibility index (Phi) is 5.20. The van der Waals surface area contributed by atoms with Gasteiger partial charge in [0.25, 0.3) is 5.69 Å². The molecule has 0 aromatic heterocycles. The number of rotatable bonds is 7. The molecule has 0 N–H and O–H groups in total. The van der Waals surface area contributed by atoms with Gasteiger partial charge in [-0.1, -0.05) is 0 Å². The van der Waals surface area contributed by atoms with Crippen LogP contribution in [0.15, 0.2) is 18.2 Å². The molecular weight excluding hydrogens is 286 g/mol. The average molecular weight is 301 g/mol. The van der Waals surface area contributed by atoms with E-state index < -0.39 is 20.0 Å². The minimum atomic E-state index is -3.23. The summed E-state index contributed by atoms with van der Waals surface area (Å²) in [5.74, 6) is -0.0514. The maximum absolute atomic E-state index is 11.6. The number of carbonyl (C=O) groups is 1. The van der Waals surface area contributed by atoms with Crippen LogP contribution in [-0.2, 0) is 9.84 Å². The molecule has 0 saturated carbocycles. The number of carbonyl (C=O) groups excluding carboxylic acids is 1. The molecule has 0 atom stereocenters. The van der Waals surface area contributed by atoms with Gasteiger partial charge >= 0.3 is 0 Å². The molecule has 0 aliphatic carbocycles. The summed E-state index contributed by atoms with van der Waals surface area (Å²) < 4.78 is 28.4. The molecule has 20 heavy (non-hydrogen) atoms. The zero-order chi connectivity index (χ0) is 15.3. The Morgan fingerprint density at radius 2 is 2.05 bits per heavy atom. The first kappa shape index (κ1) is 16.1. The normalized spacial score (nSPS) is 11.3. The molecule has 0 saturated heterocycles. The Hall–Kier alpha value is -1.96. The summed E-state index contributed by atoms with van der Waals surface area (Å²) in [6.45, 7) is 3.02. The zero-order valence-corrected chi connectivity index (χ0v) is 11.9. The van der Waals surface area contributed by atoms with E-state index in [1.54, 1.807) is 13.8 Å². The number of hydrogen-bond acceptors (Lipinski definition) is 6. The van der Waals surface area contributed by atoms with Crippen molar-refractivity contribution in [2.75, 3.05) is 12.4 Å². The van der Waals surface area contributed by atoms with Gasteiger partial charge in [0.15, 0.2) is 16.1 Å². The third-order valence-electron chi connectivity index (χ3n) is 2.67. The average Bonchev–Trinajstić information content (AvgIpc) is 2.38. The van der Waals surface area contributed by atoms with E-state index in [0.29, 0.717) is 6.29 Å². The van der Waals surface area contributed by atoms with Crippen molar-refractivity contribution in [1.82, 2.24) is 0 Å². The van der Waals surface area contributed by atoms with Crippen molar-refractivity contribution in [3.05, 3.63) is 33.9 Å². The van der Waals surface area contributed by atoms with E-state index in [9.17, 15) is 23.3 Å². The maximum atomic E-state index is 11.6. The van der Waals surface area contributed by atoms with Crippen LogP contribution in [0.25, 0.3) is 0 Å². The molecule has 0 spiro atoms. The lowest BCUT2D eigenvalue weighted by atomic mass is 10.2. The van der Waals surface area contributed by atoms with Crippen LogP contribution in [0, 0.1) is 10.1 Å². The van der Waals surface area contributed by atoms with E-state index in [0.717, 1.165) is 6.07 Å². The Morgan fingerprint density at radius 3 is 2.55 bits per heavy atom. The molecule has 0 fully saturated rings. The fourth-order valence-electron chi connectivity index (χ4n) is 1.38. The fraction of sp³-hybridized carbons (Fsp3) is 0.417.